The summed E-state index contributed by atoms with van der Waals surface area (Å²) in [7, 11) is 1.65. The zero-order valence-electron chi connectivity index (χ0n) is 11.5. The van der Waals surface area contributed by atoms with E-state index in [1.807, 2.05) is 6.92 Å². The molecule has 0 aromatic heterocycles. The van der Waals surface area contributed by atoms with Crippen LogP contribution in [0.4, 0.5) is 5.69 Å². The Kier molecular flexibility index (Phi) is 6.92. The van der Waals surface area contributed by atoms with Crippen molar-refractivity contribution in [2.75, 3.05) is 39.3 Å². The Balaban J connectivity index is 2.24. The number of hydrogen-bond acceptors (Lipinski definition) is 5. The largest absolute Gasteiger partial charge is 0.460 e. The summed E-state index contributed by atoms with van der Waals surface area (Å²) >= 11 is 0. The third-order valence-corrected chi connectivity index (χ3v) is 2.43. The van der Waals surface area contributed by atoms with Gasteiger partial charge < -0.3 is 19.9 Å². The molecule has 5 nitrogen and oxygen atoms in total. The highest BCUT2D eigenvalue weighted by Crippen LogP contribution is 2.12. The van der Waals surface area contributed by atoms with E-state index in [0.29, 0.717) is 31.1 Å². The highest BCUT2D eigenvalue weighted by Gasteiger charge is 2.08. The molecule has 1 aromatic rings. The molecule has 106 valence electrons. The Morgan fingerprint density at radius 3 is 2.63 bits per heavy atom. The van der Waals surface area contributed by atoms with Gasteiger partial charge in [0.1, 0.15) is 6.61 Å². The Hall–Kier alpha value is -1.59. The summed E-state index contributed by atoms with van der Waals surface area (Å²) in [6, 6.07) is 5.16. The molecule has 5 heteroatoms. The maximum atomic E-state index is 11.7. The Morgan fingerprint density at radius 1 is 1.16 bits per heavy atom. The molecular formula is C14H21NO4. The number of ether oxygens (including phenoxy) is 3. The van der Waals surface area contributed by atoms with E-state index in [1.54, 1.807) is 25.3 Å². The van der Waals surface area contributed by atoms with Crippen LogP contribution in [0, 0.1) is 6.92 Å². The van der Waals surface area contributed by atoms with E-state index in [-0.39, 0.29) is 12.6 Å². The van der Waals surface area contributed by atoms with Crippen molar-refractivity contribution in [2.24, 2.45) is 0 Å². The maximum Gasteiger partial charge on any atom is 0.338 e. The van der Waals surface area contributed by atoms with Gasteiger partial charge in [-0.2, -0.15) is 0 Å². The molecule has 19 heavy (non-hydrogen) atoms. The molecule has 0 spiro atoms. The van der Waals surface area contributed by atoms with Gasteiger partial charge in [-0.15, -0.1) is 0 Å². The third-order valence-electron chi connectivity index (χ3n) is 2.43. The fraction of sp³-hybridized carbons (Fsp3) is 0.500. The highest BCUT2D eigenvalue weighted by molar-refractivity contribution is 5.90. The first-order valence-electron chi connectivity index (χ1n) is 6.24. The van der Waals surface area contributed by atoms with Crippen molar-refractivity contribution in [2.45, 2.75) is 13.3 Å². The SMILES string of the molecule is COCCCOCCOC(=O)c1cc(C)cc(N)c1. The third kappa shape index (κ3) is 6.22. The second kappa shape index (κ2) is 8.50. The van der Waals surface area contributed by atoms with Crippen LogP contribution in [0.1, 0.15) is 22.3 Å². The van der Waals surface area contributed by atoms with Gasteiger partial charge in [-0.1, -0.05) is 0 Å². The molecule has 0 radical (unpaired) electrons. The number of rotatable bonds is 8. The van der Waals surface area contributed by atoms with Gasteiger partial charge in [-0.05, 0) is 37.1 Å². The molecule has 1 aromatic carbocycles. The molecule has 1 rings (SSSR count). The average Bonchev–Trinajstić information content (AvgIpc) is 2.36. The van der Waals surface area contributed by atoms with Crippen LogP contribution in [-0.4, -0.2) is 39.5 Å². The number of carbonyl (C=O) groups excluding carboxylic acids is 1. The molecule has 0 amide bonds. The van der Waals surface area contributed by atoms with Crippen LogP contribution in [0.5, 0.6) is 0 Å². The van der Waals surface area contributed by atoms with Gasteiger partial charge in [0.25, 0.3) is 0 Å². The lowest BCUT2D eigenvalue weighted by atomic mass is 10.1. The van der Waals surface area contributed by atoms with Crippen LogP contribution in [0.25, 0.3) is 0 Å². The lowest BCUT2D eigenvalue weighted by Crippen LogP contribution is -2.12. The molecule has 0 saturated heterocycles. The summed E-state index contributed by atoms with van der Waals surface area (Å²) in [5, 5.41) is 0. The lowest BCUT2D eigenvalue weighted by molar-refractivity contribution is 0.0288. The number of anilines is 1. The predicted octanol–water partition coefficient (Wildman–Crippen LogP) is 1.79. The van der Waals surface area contributed by atoms with Gasteiger partial charge in [-0.3, -0.25) is 0 Å². The smallest absolute Gasteiger partial charge is 0.338 e. The molecule has 0 aliphatic rings. The van der Waals surface area contributed by atoms with E-state index in [2.05, 4.69) is 0 Å². The summed E-state index contributed by atoms with van der Waals surface area (Å²) in [6.45, 7) is 3.77. The average molecular weight is 267 g/mol. The van der Waals surface area contributed by atoms with Crippen molar-refractivity contribution in [3.8, 4) is 0 Å². The minimum atomic E-state index is -0.379. The zero-order chi connectivity index (χ0) is 14.1. The van der Waals surface area contributed by atoms with E-state index in [1.165, 1.54) is 0 Å². The quantitative estimate of drug-likeness (QED) is 0.441. The number of nitrogen functional groups attached to an aromatic ring is 1. The second-order valence-corrected chi connectivity index (χ2v) is 4.23. The first-order valence-corrected chi connectivity index (χ1v) is 6.24. The van der Waals surface area contributed by atoms with Crippen LogP contribution >= 0.6 is 0 Å². The monoisotopic (exact) mass is 267 g/mol. The number of carbonyl (C=O) groups is 1. The lowest BCUT2D eigenvalue weighted by Gasteiger charge is -2.07. The first-order chi connectivity index (χ1) is 9.13. The Labute approximate surface area is 113 Å². The fourth-order valence-electron chi connectivity index (χ4n) is 1.61. The van der Waals surface area contributed by atoms with Crippen molar-refractivity contribution < 1.29 is 19.0 Å². The minimum Gasteiger partial charge on any atom is -0.460 e. The summed E-state index contributed by atoms with van der Waals surface area (Å²) in [4.78, 5) is 11.7. The van der Waals surface area contributed by atoms with E-state index >= 15 is 0 Å². The zero-order valence-corrected chi connectivity index (χ0v) is 11.5. The van der Waals surface area contributed by atoms with Crippen molar-refractivity contribution >= 4 is 11.7 Å². The van der Waals surface area contributed by atoms with Gasteiger partial charge in [0.15, 0.2) is 0 Å². The molecule has 0 atom stereocenters. The van der Waals surface area contributed by atoms with Gasteiger partial charge in [-0.25, -0.2) is 4.79 Å². The van der Waals surface area contributed by atoms with Gasteiger partial charge in [0.05, 0.1) is 12.2 Å². The van der Waals surface area contributed by atoms with Crippen LogP contribution in [0.3, 0.4) is 0 Å². The van der Waals surface area contributed by atoms with E-state index < -0.39 is 0 Å². The van der Waals surface area contributed by atoms with Crippen LogP contribution in [0.15, 0.2) is 18.2 Å². The number of benzene rings is 1. The molecular weight excluding hydrogens is 246 g/mol. The molecule has 0 aliphatic carbocycles. The molecule has 0 heterocycles. The summed E-state index contributed by atoms with van der Waals surface area (Å²) in [6.07, 6.45) is 0.832. The number of methoxy groups -OCH3 is 1. The molecule has 0 unspecified atom stereocenters. The van der Waals surface area contributed by atoms with Crippen LogP contribution in [-0.2, 0) is 14.2 Å². The van der Waals surface area contributed by atoms with Crippen molar-refractivity contribution in [3.63, 3.8) is 0 Å². The van der Waals surface area contributed by atoms with Crippen LogP contribution in [0.2, 0.25) is 0 Å². The molecule has 0 bridgehead atoms. The minimum absolute atomic E-state index is 0.236. The van der Waals surface area contributed by atoms with E-state index in [9.17, 15) is 4.79 Å². The number of hydrogen-bond donors (Lipinski definition) is 1. The summed E-state index contributed by atoms with van der Waals surface area (Å²) < 4.78 is 15.3. The van der Waals surface area contributed by atoms with Crippen molar-refractivity contribution in [1.29, 1.82) is 0 Å². The number of esters is 1. The molecule has 0 saturated carbocycles. The summed E-state index contributed by atoms with van der Waals surface area (Å²) in [5.41, 5.74) is 7.64. The Morgan fingerprint density at radius 2 is 1.95 bits per heavy atom. The van der Waals surface area contributed by atoms with Crippen molar-refractivity contribution in [3.05, 3.63) is 29.3 Å². The molecule has 0 fully saturated rings. The highest BCUT2D eigenvalue weighted by atomic mass is 16.6. The van der Waals surface area contributed by atoms with Gasteiger partial charge >= 0.3 is 5.97 Å². The van der Waals surface area contributed by atoms with Gasteiger partial charge in [0, 0.05) is 26.0 Å². The number of nitrogens with two attached hydrogens (primary N) is 1. The fourth-order valence-corrected chi connectivity index (χ4v) is 1.61. The van der Waals surface area contributed by atoms with Gasteiger partial charge in [0.2, 0.25) is 0 Å². The normalized spacial score (nSPS) is 10.4. The standard InChI is InChI=1S/C14H21NO4/c1-11-8-12(10-13(15)9-11)14(16)19-7-6-18-5-3-4-17-2/h8-10H,3-7,15H2,1-2H3. The first kappa shape index (κ1) is 15.5. The maximum absolute atomic E-state index is 11.7. The van der Waals surface area contributed by atoms with E-state index in [4.69, 9.17) is 19.9 Å². The summed E-state index contributed by atoms with van der Waals surface area (Å²) in [5.74, 6) is -0.379. The van der Waals surface area contributed by atoms with Crippen LogP contribution < -0.4 is 5.73 Å². The Bertz CT molecular complexity index is 386. The second-order valence-electron chi connectivity index (χ2n) is 4.23. The predicted molar refractivity (Wildman–Crippen MR) is 73.2 cm³/mol. The number of aryl methyl sites for hydroxylation is 1. The molecule has 0 aliphatic heterocycles. The van der Waals surface area contributed by atoms with E-state index in [0.717, 1.165) is 12.0 Å². The van der Waals surface area contributed by atoms with Crippen molar-refractivity contribution in [1.82, 2.24) is 0 Å². The molecule has 2 N–H and O–H groups in total. The topological polar surface area (TPSA) is 70.8 Å².